The minimum Gasteiger partial charge on any atom is -0.494 e. The molecule has 0 spiro atoms. The summed E-state index contributed by atoms with van der Waals surface area (Å²) >= 11 is 0. The quantitative estimate of drug-likeness (QED) is 0.896. The minimum absolute atomic E-state index is 0.143. The monoisotopic (exact) mass is 291 g/mol. The van der Waals surface area contributed by atoms with Gasteiger partial charge in [-0.2, -0.15) is 0 Å². The first-order chi connectivity index (χ1) is 10.1. The summed E-state index contributed by atoms with van der Waals surface area (Å²) in [5.74, 6) is 0.814. The van der Waals surface area contributed by atoms with Crippen molar-refractivity contribution in [1.29, 1.82) is 0 Å². The van der Waals surface area contributed by atoms with E-state index in [0.717, 1.165) is 42.9 Å². The Hall–Kier alpha value is -1.75. The van der Waals surface area contributed by atoms with Gasteiger partial charge in [-0.05, 0) is 58.5 Å². The maximum Gasteiger partial charge on any atom is 0.319 e. The van der Waals surface area contributed by atoms with Gasteiger partial charge in [-0.25, -0.2) is 4.79 Å². The van der Waals surface area contributed by atoms with Crippen molar-refractivity contribution in [2.75, 3.05) is 32.1 Å². The van der Waals surface area contributed by atoms with E-state index in [4.69, 9.17) is 4.74 Å². The van der Waals surface area contributed by atoms with Crippen molar-refractivity contribution < 1.29 is 9.53 Å². The first-order valence-electron chi connectivity index (χ1n) is 7.58. The second-order valence-electron chi connectivity index (χ2n) is 5.59. The lowest BCUT2D eigenvalue weighted by atomic mass is 10.1. The number of piperidine rings is 1. The minimum atomic E-state index is -0.143. The van der Waals surface area contributed by atoms with Crippen LogP contribution >= 0.6 is 0 Å². The topological polar surface area (TPSA) is 53.6 Å². The molecule has 2 N–H and O–H groups in total. The number of urea groups is 1. The average molecular weight is 291 g/mol. The molecule has 0 aliphatic carbocycles. The van der Waals surface area contributed by atoms with Crippen molar-refractivity contribution in [1.82, 2.24) is 10.2 Å². The summed E-state index contributed by atoms with van der Waals surface area (Å²) in [6.07, 6.45) is 2.00. The van der Waals surface area contributed by atoms with Gasteiger partial charge >= 0.3 is 6.03 Å². The maximum absolute atomic E-state index is 12.0. The molecular formula is C16H25N3O2. The Morgan fingerprint density at radius 2 is 2.10 bits per heavy atom. The molecule has 1 heterocycles. The fourth-order valence-corrected chi connectivity index (χ4v) is 2.49. The van der Waals surface area contributed by atoms with Crippen molar-refractivity contribution in [2.24, 2.45) is 0 Å². The predicted octanol–water partition coefficient (Wildman–Crippen LogP) is 2.61. The van der Waals surface area contributed by atoms with E-state index < -0.39 is 0 Å². The molecule has 0 atom stereocenters. The van der Waals surface area contributed by atoms with Crippen LogP contribution in [-0.2, 0) is 0 Å². The zero-order valence-electron chi connectivity index (χ0n) is 13.1. The highest BCUT2D eigenvalue weighted by atomic mass is 16.5. The van der Waals surface area contributed by atoms with E-state index in [1.807, 2.05) is 32.0 Å². The third-order valence-electron chi connectivity index (χ3n) is 3.80. The Kier molecular flexibility index (Phi) is 5.44. The molecule has 1 fully saturated rings. The number of anilines is 1. The highest BCUT2D eigenvalue weighted by Gasteiger charge is 2.18. The van der Waals surface area contributed by atoms with E-state index in [1.165, 1.54) is 0 Å². The molecule has 1 aliphatic heterocycles. The lowest BCUT2D eigenvalue weighted by Crippen LogP contribution is -2.44. The Morgan fingerprint density at radius 3 is 2.76 bits per heavy atom. The molecule has 0 bridgehead atoms. The van der Waals surface area contributed by atoms with Crippen LogP contribution < -0.4 is 15.4 Å². The molecule has 1 aromatic carbocycles. The van der Waals surface area contributed by atoms with Gasteiger partial charge in [0.25, 0.3) is 0 Å². The number of carbonyl (C=O) groups is 1. The SMILES string of the molecule is CCOc1cc(NC(=O)NC2CCN(C)CC2)ccc1C. The molecular weight excluding hydrogens is 266 g/mol. The van der Waals surface area contributed by atoms with Crippen LogP contribution in [0.5, 0.6) is 5.75 Å². The Labute approximate surface area is 126 Å². The van der Waals surface area contributed by atoms with Gasteiger partial charge < -0.3 is 20.3 Å². The molecule has 2 amide bonds. The first-order valence-corrected chi connectivity index (χ1v) is 7.58. The number of benzene rings is 1. The summed E-state index contributed by atoms with van der Waals surface area (Å²) in [6, 6.07) is 5.84. The van der Waals surface area contributed by atoms with E-state index in [9.17, 15) is 4.79 Å². The van der Waals surface area contributed by atoms with Crippen LogP contribution in [0.25, 0.3) is 0 Å². The van der Waals surface area contributed by atoms with Crippen molar-refractivity contribution in [3.63, 3.8) is 0 Å². The van der Waals surface area contributed by atoms with Crippen LogP contribution in [0.2, 0.25) is 0 Å². The molecule has 0 saturated carbocycles. The lowest BCUT2D eigenvalue weighted by Gasteiger charge is -2.29. The summed E-state index contributed by atoms with van der Waals surface area (Å²) < 4.78 is 5.54. The molecule has 0 unspecified atom stereocenters. The summed E-state index contributed by atoms with van der Waals surface area (Å²) in [4.78, 5) is 14.3. The second-order valence-corrected chi connectivity index (χ2v) is 5.59. The molecule has 5 heteroatoms. The number of ether oxygens (including phenoxy) is 1. The molecule has 5 nitrogen and oxygen atoms in total. The largest absolute Gasteiger partial charge is 0.494 e. The van der Waals surface area contributed by atoms with Gasteiger partial charge in [0.2, 0.25) is 0 Å². The second kappa shape index (κ2) is 7.31. The van der Waals surface area contributed by atoms with E-state index >= 15 is 0 Å². The van der Waals surface area contributed by atoms with Crippen molar-refractivity contribution in [3.05, 3.63) is 23.8 Å². The number of rotatable bonds is 4. The normalized spacial score (nSPS) is 16.5. The van der Waals surface area contributed by atoms with Crippen LogP contribution in [0.4, 0.5) is 10.5 Å². The van der Waals surface area contributed by atoms with Crippen LogP contribution in [0.3, 0.4) is 0 Å². The number of nitrogens with one attached hydrogen (secondary N) is 2. The molecule has 116 valence electrons. The number of nitrogens with zero attached hydrogens (tertiary/aromatic N) is 1. The molecule has 1 saturated heterocycles. The number of likely N-dealkylation sites (tertiary alicyclic amines) is 1. The fraction of sp³-hybridized carbons (Fsp3) is 0.562. The zero-order chi connectivity index (χ0) is 15.2. The summed E-state index contributed by atoms with van der Waals surface area (Å²) in [7, 11) is 2.11. The van der Waals surface area contributed by atoms with Crippen molar-refractivity contribution >= 4 is 11.7 Å². The zero-order valence-corrected chi connectivity index (χ0v) is 13.1. The smallest absolute Gasteiger partial charge is 0.319 e. The number of aryl methyl sites for hydroxylation is 1. The van der Waals surface area contributed by atoms with Gasteiger partial charge in [-0.1, -0.05) is 6.07 Å². The average Bonchev–Trinajstić information content (AvgIpc) is 2.45. The van der Waals surface area contributed by atoms with Gasteiger partial charge in [0.05, 0.1) is 6.61 Å². The van der Waals surface area contributed by atoms with Crippen LogP contribution in [0.15, 0.2) is 18.2 Å². The predicted molar refractivity (Wildman–Crippen MR) is 85.0 cm³/mol. The Bertz CT molecular complexity index is 482. The van der Waals surface area contributed by atoms with Crippen LogP contribution in [0.1, 0.15) is 25.3 Å². The summed E-state index contributed by atoms with van der Waals surface area (Å²) in [6.45, 7) is 6.62. The number of hydrogen-bond acceptors (Lipinski definition) is 3. The van der Waals surface area contributed by atoms with Crippen LogP contribution in [-0.4, -0.2) is 43.7 Å². The summed E-state index contributed by atoms with van der Waals surface area (Å²) in [5.41, 5.74) is 1.83. The van der Waals surface area contributed by atoms with Gasteiger partial charge in [-0.15, -0.1) is 0 Å². The summed E-state index contributed by atoms with van der Waals surface area (Å²) in [5, 5.41) is 5.92. The maximum atomic E-state index is 12.0. The van der Waals surface area contributed by atoms with Crippen molar-refractivity contribution in [2.45, 2.75) is 32.7 Å². The van der Waals surface area contributed by atoms with E-state index in [-0.39, 0.29) is 12.1 Å². The lowest BCUT2D eigenvalue weighted by molar-refractivity contribution is 0.221. The van der Waals surface area contributed by atoms with E-state index in [2.05, 4.69) is 22.6 Å². The van der Waals surface area contributed by atoms with E-state index in [0.29, 0.717) is 6.61 Å². The van der Waals surface area contributed by atoms with Gasteiger partial charge in [0.1, 0.15) is 5.75 Å². The highest BCUT2D eigenvalue weighted by Crippen LogP contribution is 2.22. The third-order valence-corrected chi connectivity index (χ3v) is 3.80. The molecule has 0 radical (unpaired) electrons. The first kappa shape index (κ1) is 15.6. The number of carbonyl (C=O) groups excluding carboxylic acids is 1. The molecule has 2 rings (SSSR count). The molecule has 21 heavy (non-hydrogen) atoms. The van der Waals surface area contributed by atoms with Gasteiger partial charge in [0, 0.05) is 17.8 Å². The number of hydrogen-bond donors (Lipinski definition) is 2. The Morgan fingerprint density at radius 1 is 1.38 bits per heavy atom. The van der Waals surface area contributed by atoms with Crippen molar-refractivity contribution in [3.8, 4) is 5.75 Å². The van der Waals surface area contributed by atoms with Crippen LogP contribution in [0, 0.1) is 6.92 Å². The van der Waals surface area contributed by atoms with Gasteiger partial charge in [0.15, 0.2) is 0 Å². The number of amides is 2. The van der Waals surface area contributed by atoms with E-state index in [1.54, 1.807) is 0 Å². The standard InChI is InChI=1S/C16H25N3O2/c1-4-21-15-11-14(6-5-12(15)2)18-16(20)17-13-7-9-19(3)10-8-13/h5-6,11,13H,4,7-10H2,1-3H3,(H2,17,18,20). The Balaban J connectivity index is 1.89. The third kappa shape index (κ3) is 4.63. The highest BCUT2D eigenvalue weighted by molar-refractivity contribution is 5.89. The fourth-order valence-electron chi connectivity index (χ4n) is 2.49. The molecule has 1 aliphatic rings. The van der Waals surface area contributed by atoms with Gasteiger partial charge in [-0.3, -0.25) is 0 Å². The molecule has 0 aromatic heterocycles. The molecule has 1 aromatic rings.